The van der Waals surface area contributed by atoms with Crippen molar-refractivity contribution in [3.05, 3.63) is 29.6 Å². The van der Waals surface area contributed by atoms with E-state index >= 15 is 0 Å². The zero-order valence-electron chi connectivity index (χ0n) is 9.49. The Hall–Kier alpha value is -1.42. The predicted molar refractivity (Wildman–Crippen MR) is 62.3 cm³/mol. The summed E-state index contributed by atoms with van der Waals surface area (Å²) >= 11 is 0. The van der Waals surface area contributed by atoms with Gasteiger partial charge in [-0.1, -0.05) is 0 Å². The Balaban J connectivity index is 1.87. The van der Waals surface area contributed by atoms with E-state index in [9.17, 15) is 4.79 Å². The lowest BCUT2D eigenvalue weighted by Crippen LogP contribution is -2.30. The third-order valence-electron chi connectivity index (χ3n) is 2.87. The lowest BCUT2D eigenvalue weighted by molar-refractivity contribution is 0.0948. The van der Waals surface area contributed by atoms with Crippen LogP contribution in [0, 0.1) is 12.8 Å². The molecule has 0 radical (unpaired) electrons. The molecule has 86 valence electrons. The highest BCUT2D eigenvalue weighted by Gasteiger charge is 2.15. The van der Waals surface area contributed by atoms with Crippen molar-refractivity contribution in [2.75, 3.05) is 19.6 Å². The lowest BCUT2D eigenvalue weighted by atomic mass is 10.1. The third kappa shape index (κ3) is 2.79. The number of pyridine rings is 1. The number of carbonyl (C=O) groups excluding carboxylic acids is 1. The summed E-state index contributed by atoms with van der Waals surface area (Å²) in [5.41, 5.74) is 1.56. The SMILES string of the molecule is Cc1cc(C(=O)NCC2CCNC2)ccn1. The molecule has 1 aliphatic rings. The highest BCUT2D eigenvalue weighted by molar-refractivity contribution is 5.94. The molecule has 2 rings (SSSR count). The Kier molecular flexibility index (Phi) is 3.51. The van der Waals surface area contributed by atoms with Crippen LogP contribution in [0.3, 0.4) is 0 Å². The minimum absolute atomic E-state index is 0.00241. The zero-order valence-corrected chi connectivity index (χ0v) is 9.49. The van der Waals surface area contributed by atoms with Gasteiger partial charge in [-0.25, -0.2) is 0 Å². The van der Waals surface area contributed by atoms with Gasteiger partial charge in [0.15, 0.2) is 0 Å². The molecule has 1 aromatic heterocycles. The summed E-state index contributed by atoms with van der Waals surface area (Å²) in [4.78, 5) is 15.9. The molecular weight excluding hydrogens is 202 g/mol. The number of hydrogen-bond donors (Lipinski definition) is 2. The molecule has 2 N–H and O–H groups in total. The average Bonchev–Trinajstić information content (AvgIpc) is 2.78. The molecule has 0 saturated carbocycles. The van der Waals surface area contributed by atoms with Crippen LogP contribution in [0.5, 0.6) is 0 Å². The van der Waals surface area contributed by atoms with Gasteiger partial charge in [0.25, 0.3) is 5.91 Å². The maximum absolute atomic E-state index is 11.8. The van der Waals surface area contributed by atoms with Crippen molar-refractivity contribution in [1.29, 1.82) is 0 Å². The van der Waals surface area contributed by atoms with Crippen molar-refractivity contribution in [2.24, 2.45) is 5.92 Å². The molecule has 1 saturated heterocycles. The minimum Gasteiger partial charge on any atom is -0.352 e. The van der Waals surface area contributed by atoms with E-state index in [4.69, 9.17) is 0 Å². The monoisotopic (exact) mass is 219 g/mol. The lowest BCUT2D eigenvalue weighted by Gasteiger charge is -2.10. The number of rotatable bonds is 3. The molecule has 1 aromatic rings. The van der Waals surface area contributed by atoms with Crippen molar-refractivity contribution in [3.8, 4) is 0 Å². The van der Waals surface area contributed by atoms with Crippen LogP contribution >= 0.6 is 0 Å². The van der Waals surface area contributed by atoms with E-state index in [0.717, 1.165) is 31.7 Å². The first-order valence-electron chi connectivity index (χ1n) is 5.67. The zero-order chi connectivity index (χ0) is 11.4. The Morgan fingerprint density at radius 1 is 1.69 bits per heavy atom. The fourth-order valence-corrected chi connectivity index (χ4v) is 1.91. The van der Waals surface area contributed by atoms with Crippen LogP contribution in [-0.4, -0.2) is 30.5 Å². The van der Waals surface area contributed by atoms with Gasteiger partial charge in [0.05, 0.1) is 0 Å². The summed E-state index contributed by atoms with van der Waals surface area (Å²) in [6.45, 7) is 4.72. The summed E-state index contributed by atoms with van der Waals surface area (Å²) in [5, 5.41) is 6.25. The summed E-state index contributed by atoms with van der Waals surface area (Å²) in [6.07, 6.45) is 2.82. The Morgan fingerprint density at radius 2 is 2.56 bits per heavy atom. The van der Waals surface area contributed by atoms with E-state index in [1.165, 1.54) is 0 Å². The molecule has 0 aromatic carbocycles. The minimum atomic E-state index is -0.00241. The van der Waals surface area contributed by atoms with E-state index in [-0.39, 0.29) is 5.91 Å². The van der Waals surface area contributed by atoms with Crippen LogP contribution in [0.2, 0.25) is 0 Å². The fraction of sp³-hybridized carbons (Fsp3) is 0.500. The van der Waals surface area contributed by atoms with Gasteiger partial charge in [-0.05, 0) is 44.5 Å². The standard InChI is InChI=1S/C12H17N3O/c1-9-6-11(3-5-14-9)12(16)15-8-10-2-4-13-7-10/h3,5-6,10,13H,2,4,7-8H2,1H3,(H,15,16). The third-order valence-corrected chi connectivity index (χ3v) is 2.87. The molecule has 0 spiro atoms. The first-order chi connectivity index (χ1) is 7.75. The quantitative estimate of drug-likeness (QED) is 0.788. The van der Waals surface area contributed by atoms with Gasteiger partial charge in [0.2, 0.25) is 0 Å². The summed E-state index contributed by atoms with van der Waals surface area (Å²) in [7, 11) is 0. The second-order valence-corrected chi connectivity index (χ2v) is 4.25. The number of amides is 1. The van der Waals surface area contributed by atoms with Crippen LogP contribution in [0.25, 0.3) is 0 Å². The fourth-order valence-electron chi connectivity index (χ4n) is 1.91. The molecule has 1 fully saturated rings. The number of aryl methyl sites for hydroxylation is 1. The smallest absolute Gasteiger partial charge is 0.251 e. The number of nitrogens with zero attached hydrogens (tertiary/aromatic N) is 1. The normalized spacial score (nSPS) is 19.7. The summed E-state index contributed by atoms with van der Waals surface area (Å²) in [6, 6.07) is 3.55. The molecule has 1 unspecified atom stereocenters. The molecule has 4 nitrogen and oxygen atoms in total. The van der Waals surface area contributed by atoms with Crippen molar-refractivity contribution in [3.63, 3.8) is 0 Å². The van der Waals surface area contributed by atoms with E-state index in [0.29, 0.717) is 11.5 Å². The molecule has 4 heteroatoms. The molecule has 0 aliphatic carbocycles. The van der Waals surface area contributed by atoms with Gasteiger partial charge in [-0.15, -0.1) is 0 Å². The number of nitrogens with one attached hydrogen (secondary N) is 2. The first kappa shape index (κ1) is 11.1. The Morgan fingerprint density at radius 3 is 3.25 bits per heavy atom. The van der Waals surface area contributed by atoms with Crippen molar-refractivity contribution in [2.45, 2.75) is 13.3 Å². The number of hydrogen-bond acceptors (Lipinski definition) is 3. The maximum Gasteiger partial charge on any atom is 0.251 e. The van der Waals surface area contributed by atoms with E-state index in [1.54, 1.807) is 12.3 Å². The number of aromatic nitrogens is 1. The van der Waals surface area contributed by atoms with Gasteiger partial charge in [-0.3, -0.25) is 9.78 Å². The summed E-state index contributed by atoms with van der Waals surface area (Å²) in [5.74, 6) is 0.573. The average molecular weight is 219 g/mol. The Labute approximate surface area is 95.5 Å². The Bertz CT molecular complexity index is 372. The van der Waals surface area contributed by atoms with Crippen LogP contribution < -0.4 is 10.6 Å². The van der Waals surface area contributed by atoms with Gasteiger partial charge in [0, 0.05) is 24.0 Å². The molecule has 1 aliphatic heterocycles. The molecule has 1 atom stereocenters. The number of carbonyl (C=O) groups is 1. The van der Waals surface area contributed by atoms with Gasteiger partial charge in [-0.2, -0.15) is 0 Å². The second kappa shape index (κ2) is 5.07. The van der Waals surface area contributed by atoms with Gasteiger partial charge < -0.3 is 10.6 Å². The largest absolute Gasteiger partial charge is 0.352 e. The van der Waals surface area contributed by atoms with Crippen LogP contribution in [0.1, 0.15) is 22.5 Å². The van der Waals surface area contributed by atoms with Gasteiger partial charge >= 0.3 is 0 Å². The van der Waals surface area contributed by atoms with E-state index in [1.807, 2.05) is 13.0 Å². The van der Waals surface area contributed by atoms with Crippen LogP contribution in [-0.2, 0) is 0 Å². The predicted octanol–water partition coefficient (Wildman–Crippen LogP) is 0.729. The topological polar surface area (TPSA) is 54.0 Å². The van der Waals surface area contributed by atoms with Gasteiger partial charge in [0.1, 0.15) is 0 Å². The molecule has 0 bridgehead atoms. The summed E-state index contributed by atoms with van der Waals surface area (Å²) < 4.78 is 0. The molecule has 16 heavy (non-hydrogen) atoms. The van der Waals surface area contributed by atoms with Crippen molar-refractivity contribution >= 4 is 5.91 Å². The van der Waals surface area contributed by atoms with Crippen molar-refractivity contribution < 1.29 is 4.79 Å². The second-order valence-electron chi connectivity index (χ2n) is 4.25. The highest BCUT2D eigenvalue weighted by atomic mass is 16.1. The molecule has 2 heterocycles. The molecule has 1 amide bonds. The molecular formula is C12H17N3O. The van der Waals surface area contributed by atoms with E-state index in [2.05, 4.69) is 15.6 Å². The highest BCUT2D eigenvalue weighted by Crippen LogP contribution is 2.06. The maximum atomic E-state index is 11.8. The van der Waals surface area contributed by atoms with Crippen LogP contribution in [0.4, 0.5) is 0 Å². The van der Waals surface area contributed by atoms with Crippen molar-refractivity contribution in [1.82, 2.24) is 15.6 Å². The van der Waals surface area contributed by atoms with E-state index < -0.39 is 0 Å². The van der Waals surface area contributed by atoms with Crippen LogP contribution in [0.15, 0.2) is 18.3 Å². The first-order valence-corrected chi connectivity index (χ1v) is 5.67.